The number of ether oxygens (including phenoxy) is 2. The van der Waals surface area contributed by atoms with Crippen molar-refractivity contribution in [1.82, 2.24) is 9.55 Å². The van der Waals surface area contributed by atoms with E-state index in [-0.39, 0.29) is 0 Å². The highest BCUT2D eigenvalue weighted by atomic mass is 32.7. The molecule has 1 saturated heterocycles. The fraction of sp³-hybridized carbons (Fsp3) is 0.600. The van der Waals surface area contributed by atoms with Gasteiger partial charge in [0.05, 0.1) is 0 Å². The lowest BCUT2D eigenvalue weighted by atomic mass is 10.1. The molecule has 5 atom stereocenters. The zero-order valence-corrected chi connectivity index (χ0v) is 13.0. The smallest absolute Gasteiger partial charge is 0.391 e. The summed E-state index contributed by atoms with van der Waals surface area (Å²) in [6.07, 6.45) is -4.13. The van der Waals surface area contributed by atoms with Gasteiger partial charge in [-0.2, -0.15) is 0 Å². The molecule has 0 spiro atoms. The molecule has 1 aliphatic rings. The van der Waals surface area contributed by atoms with E-state index in [1.165, 1.54) is 0 Å². The van der Waals surface area contributed by atoms with Crippen LogP contribution in [0.5, 0.6) is 0 Å². The first-order valence-electron chi connectivity index (χ1n) is 5.97. The van der Waals surface area contributed by atoms with E-state index in [9.17, 15) is 23.7 Å². The molecule has 4 unspecified atom stereocenters. The number of H-pyrrole nitrogens is 1. The minimum atomic E-state index is -2.52. The van der Waals surface area contributed by atoms with Gasteiger partial charge in [0.25, 0.3) is 5.56 Å². The first kappa shape index (κ1) is 17.3. The van der Waals surface area contributed by atoms with Crippen LogP contribution in [0.2, 0.25) is 0 Å². The Labute approximate surface area is 129 Å². The standard InChI is InChI=1S/C10H12FN2O7PS/c1-18-10(4-14)7(20-21(17)22)6(11)8(19-10)13-3-2-5(15)12-9(13)16/h2-3,6-8,14H,4H2,1H3,(H-,12,15,16,17,22)/p+1/t6?,7?,8?,10-/m1/s1. The maximum Gasteiger partial charge on any atom is 0.582 e. The highest BCUT2D eigenvalue weighted by Gasteiger charge is 2.61. The second-order valence-corrected chi connectivity index (χ2v) is 6.07. The van der Waals surface area contributed by atoms with Gasteiger partial charge in [0.15, 0.2) is 12.4 Å². The zero-order valence-electron chi connectivity index (χ0n) is 11.2. The fourth-order valence-corrected chi connectivity index (χ4v) is 2.93. The number of methoxy groups -OCH3 is 1. The van der Waals surface area contributed by atoms with Crippen molar-refractivity contribution in [2.24, 2.45) is 0 Å². The van der Waals surface area contributed by atoms with Gasteiger partial charge in [-0.05, 0) is 4.57 Å². The molecule has 0 saturated carbocycles. The summed E-state index contributed by atoms with van der Waals surface area (Å²) in [6, 6.07) is 0.998. The Balaban J connectivity index is 2.45. The second kappa shape index (κ2) is 6.57. The number of rotatable bonds is 5. The molecule has 0 radical (unpaired) electrons. The van der Waals surface area contributed by atoms with Crippen LogP contribution >= 0.6 is 19.5 Å². The summed E-state index contributed by atoms with van der Waals surface area (Å²) in [4.78, 5) is 24.7. The summed E-state index contributed by atoms with van der Waals surface area (Å²) in [5, 5.41) is 9.43. The second-order valence-electron chi connectivity index (χ2n) is 4.41. The van der Waals surface area contributed by atoms with Crippen molar-refractivity contribution in [3.63, 3.8) is 0 Å². The summed E-state index contributed by atoms with van der Waals surface area (Å²) in [5.41, 5.74) is -1.58. The third-order valence-corrected chi connectivity index (χ3v) is 3.90. The maximum atomic E-state index is 14.6. The third-order valence-electron chi connectivity index (χ3n) is 3.21. The summed E-state index contributed by atoms with van der Waals surface area (Å²) in [5.74, 6) is -1.96. The number of nitrogens with one attached hydrogen (secondary N) is 1. The van der Waals surface area contributed by atoms with Crippen LogP contribution in [0.3, 0.4) is 0 Å². The number of aromatic amines is 1. The van der Waals surface area contributed by atoms with Gasteiger partial charge < -0.3 is 14.6 Å². The Morgan fingerprint density at radius 1 is 1.64 bits per heavy atom. The molecular weight excluding hydrogens is 342 g/mol. The van der Waals surface area contributed by atoms with Crippen LogP contribution in [-0.4, -0.2) is 46.4 Å². The molecule has 0 aromatic carbocycles. The van der Waals surface area contributed by atoms with Gasteiger partial charge in [0.1, 0.15) is 18.9 Å². The van der Waals surface area contributed by atoms with E-state index >= 15 is 0 Å². The topological polar surface area (TPSA) is 120 Å². The number of aliphatic hydroxyl groups is 1. The van der Waals surface area contributed by atoms with Crippen molar-refractivity contribution >= 4 is 19.5 Å². The molecule has 1 aliphatic heterocycles. The normalized spacial score (nSPS) is 32.2. The molecule has 122 valence electrons. The minimum absolute atomic E-state index is 0.666. The first-order chi connectivity index (χ1) is 10.3. The van der Waals surface area contributed by atoms with Crippen LogP contribution in [-0.2, 0) is 18.6 Å². The molecule has 2 rings (SSSR count). The Morgan fingerprint density at radius 3 is 2.82 bits per heavy atom. The number of aliphatic hydroxyl groups excluding tert-OH is 1. The molecule has 22 heavy (non-hydrogen) atoms. The summed E-state index contributed by atoms with van der Waals surface area (Å²) in [6.45, 7) is -0.819. The van der Waals surface area contributed by atoms with Crippen molar-refractivity contribution in [3.05, 3.63) is 33.1 Å². The largest absolute Gasteiger partial charge is 0.582 e. The molecule has 1 aromatic heterocycles. The van der Waals surface area contributed by atoms with E-state index in [0.29, 0.717) is 0 Å². The van der Waals surface area contributed by atoms with Crippen LogP contribution in [0, 0.1) is 0 Å². The predicted octanol–water partition coefficient (Wildman–Crippen LogP) is -0.289. The molecule has 9 nitrogen and oxygen atoms in total. The molecule has 2 heterocycles. The molecule has 0 amide bonds. The molecular formula is C10H13FN2O7PS+. The number of hydrogen-bond donors (Lipinski definition) is 3. The van der Waals surface area contributed by atoms with E-state index in [0.717, 1.165) is 23.9 Å². The van der Waals surface area contributed by atoms with Gasteiger partial charge in [-0.1, -0.05) is 0 Å². The monoisotopic (exact) mass is 355 g/mol. The van der Waals surface area contributed by atoms with Gasteiger partial charge in [-0.15, -0.1) is 4.52 Å². The molecule has 0 aliphatic carbocycles. The number of halogens is 1. The molecule has 1 fully saturated rings. The van der Waals surface area contributed by atoms with Crippen molar-refractivity contribution in [2.45, 2.75) is 24.3 Å². The lowest BCUT2D eigenvalue weighted by molar-refractivity contribution is -0.265. The van der Waals surface area contributed by atoms with Crippen molar-refractivity contribution in [3.8, 4) is 0 Å². The van der Waals surface area contributed by atoms with Crippen molar-refractivity contribution < 1.29 is 28.1 Å². The number of thiol groups is 1. The molecule has 2 N–H and O–H groups in total. The van der Waals surface area contributed by atoms with Gasteiger partial charge >= 0.3 is 12.9 Å². The van der Waals surface area contributed by atoms with E-state index in [2.05, 4.69) is 12.2 Å². The van der Waals surface area contributed by atoms with Gasteiger partial charge in [-0.3, -0.25) is 14.3 Å². The highest BCUT2D eigenvalue weighted by Crippen LogP contribution is 2.45. The Morgan fingerprint density at radius 2 is 2.32 bits per heavy atom. The van der Waals surface area contributed by atoms with E-state index in [1.54, 1.807) is 0 Å². The number of nitrogens with zero attached hydrogens (tertiary/aromatic N) is 1. The van der Waals surface area contributed by atoms with Crippen LogP contribution in [0.15, 0.2) is 21.9 Å². The minimum Gasteiger partial charge on any atom is -0.391 e. The quantitative estimate of drug-likeness (QED) is 0.490. The predicted molar refractivity (Wildman–Crippen MR) is 74.6 cm³/mol. The zero-order chi connectivity index (χ0) is 16.5. The maximum absolute atomic E-state index is 14.6. The average Bonchev–Trinajstić information content (AvgIpc) is 2.73. The number of aromatic nitrogens is 2. The lowest BCUT2D eigenvalue weighted by Gasteiger charge is -2.27. The molecule has 1 aromatic rings. The van der Waals surface area contributed by atoms with Crippen LogP contribution in [0.4, 0.5) is 4.39 Å². The van der Waals surface area contributed by atoms with Crippen LogP contribution in [0.1, 0.15) is 6.23 Å². The highest BCUT2D eigenvalue weighted by molar-refractivity contribution is 8.39. The Bertz CT molecular complexity index is 676. The SMILES string of the molecule is CO[C@]1(CO)OC(n2ccc(=O)[nH]c2=O)C(F)C1O[P+](=O)S. The summed E-state index contributed by atoms with van der Waals surface area (Å²) in [7, 11) is -1.39. The molecule has 0 bridgehead atoms. The van der Waals surface area contributed by atoms with Crippen LogP contribution < -0.4 is 11.2 Å². The summed E-state index contributed by atoms with van der Waals surface area (Å²) < 4.78 is 41.6. The fourth-order valence-electron chi connectivity index (χ4n) is 2.16. The average molecular weight is 355 g/mol. The van der Waals surface area contributed by atoms with Gasteiger partial charge in [0, 0.05) is 19.4 Å². The number of alkyl halides is 1. The molecule has 12 heteroatoms. The van der Waals surface area contributed by atoms with E-state index in [1.807, 2.05) is 4.98 Å². The Hall–Kier alpha value is -1.10. The first-order valence-corrected chi connectivity index (χ1v) is 8.30. The Kier molecular flexibility index (Phi) is 5.15. The lowest BCUT2D eigenvalue weighted by Crippen LogP contribution is -2.47. The van der Waals surface area contributed by atoms with Gasteiger partial charge in [0.2, 0.25) is 11.9 Å². The summed E-state index contributed by atoms with van der Waals surface area (Å²) >= 11 is 3.53. The van der Waals surface area contributed by atoms with E-state index < -0.39 is 49.4 Å². The van der Waals surface area contributed by atoms with Crippen molar-refractivity contribution in [1.29, 1.82) is 0 Å². The van der Waals surface area contributed by atoms with Crippen molar-refractivity contribution in [2.75, 3.05) is 13.7 Å². The third kappa shape index (κ3) is 3.00. The number of hydrogen-bond acceptors (Lipinski definition) is 7. The van der Waals surface area contributed by atoms with Crippen LogP contribution in [0.25, 0.3) is 0 Å². The van der Waals surface area contributed by atoms with E-state index in [4.69, 9.17) is 14.0 Å². The van der Waals surface area contributed by atoms with Gasteiger partial charge in [-0.25, -0.2) is 9.18 Å².